The van der Waals surface area contributed by atoms with Crippen molar-refractivity contribution in [3.8, 4) is 28.0 Å². The maximum Gasteiger partial charge on any atom is 0.138 e. The molecule has 0 saturated heterocycles. The lowest BCUT2D eigenvalue weighted by Gasteiger charge is -2.14. The van der Waals surface area contributed by atoms with Gasteiger partial charge in [-0.25, -0.2) is 0 Å². The topological polar surface area (TPSA) is 22.1 Å². The average molecular weight is 406 g/mol. The molecule has 0 spiro atoms. The summed E-state index contributed by atoms with van der Waals surface area (Å²) in [6, 6.07) is 25.9. The maximum absolute atomic E-state index is 6.21. The predicted molar refractivity (Wildman–Crippen MR) is 116 cm³/mol. The fourth-order valence-electron chi connectivity index (χ4n) is 3.06. The molecule has 3 aromatic carbocycles. The summed E-state index contributed by atoms with van der Waals surface area (Å²) >= 11 is 12.2. The van der Waals surface area contributed by atoms with Crippen LogP contribution in [-0.4, -0.2) is 4.98 Å². The molecule has 0 aliphatic carbocycles. The Balaban J connectivity index is 1.68. The van der Waals surface area contributed by atoms with Crippen molar-refractivity contribution in [2.75, 3.05) is 0 Å². The summed E-state index contributed by atoms with van der Waals surface area (Å²) in [5.74, 6) is 0.612. The fraction of sp³-hybridized carbons (Fsp3) is 0.0417. The Morgan fingerprint density at radius 1 is 0.750 bits per heavy atom. The van der Waals surface area contributed by atoms with Crippen molar-refractivity contribution in [3.05, 3.63) is 107 Å². The van der Waals surface area contributed by atoms with Crippen molar-refractivity contribution < 1.29 is 4.74 Å². The molecular weight excluding hydrogens is 389 g/mol. The molecule has 0 N–H and O–H groups in total. The predicted octanol–water partition coefficient (Wildman–Crippen LogP) is 7.30. The van der Waals surface area contributed by atoms with Crippen LogP contribution in [0.5, 0.6) is 5.75 Å². The molecule has 1 aromatic heterocycles. The molecule has 0 saturated carbocycles. The van der Waals surface area contributed by atoms with Crippen molar-refractivity contribution >= 4 is 23.2 Å². The van der Waals surface area contributed by atoms with Gasteiger partial charge in [-0.3, -0.25) is 4.98 Å². The van der Waals surface area contributed by atoms with E-state index in [1.807, 2.05) is 30.5 Å². The van der Waals surface area contributed by atoms with Gasteiger partial charge in [0.15, 0.2) is 0 Å². The summed E-state index contributed by atoms with van der Waals surface area (Å²) in [5.41, 5.74) is 5.54. The normalized spacial score (nSPS) is 10.6. The SMILES string of the molecule is Clc1ccc(OCc2ccc(-c3ccccc3)c(-c3cccnc3)c2)c(Cl)c1. The minimum absolute atomic E-state index is 0.406. The number of pyridine rings is 1. The van der Waals surface area contributed by atoms with Gasteiger partial charge in [0.05, 0.1) is 5.02 Å². The monoisotopic (exact) mass is 405 g/mol. The summed E-state index contributed by atoms with van der Waals surface area (Å²) in [6.07, 6.45) is 3.66. The van der Waals surface area contributed by atoms with Crippen molar-refractivity contribution in [2.45, 2.75) is 6.61 Å². The summed E-state index contributed by atoms with van der Waals surface area (Å²) in [5, 5.41) is 1.09. The molecule has 0 unspecified atom stereocenters. The van der Waals surface area contributed by atoms with Gasteiger partial charge in [0.2, 0.25) is 0 Å². The number of hydrogen-bond acceptors (Lipinski definition) is 2. The summed E-state index contributed by atoms with van der Waals surface area (Å²) < 4.78 is 5.91. The third-order valence-corrected chi connectivity index (χ3v) is 4.96. The first-order valence-corrected chi connectivity index (χ1v) is 9.63. The molecule has 0 fully saturated rings. The zero-order chi connectivity index (χ0) is 19.3. The lowest BCUT2D eigenvalue weighted by atomic mass is 9.94. The highest BCUT2D eigenvalue weighted by atomic mass is 35.5. The zero-order valence-corrected chi connectivity index (χ0v) is 16.5. The van der Waals surface area contributed by atoms with E-state index in [0.717, 1.165) is 27.8 Å². The molecular formula is C24H17Cl2NO. The maximum atomic E-state index is 6.21. The molecule has 28 heavy (non-hydrogen) atoms. The van der Waals surface area contributed by atoms with E-state index in [4.69, 9.17) is 27.9 Å². The van der Waals surface area contributed by atoms with Crippen molar-refractivity contribution in [3.63, 3.8) is 0 Å². The number of benzene rings is 3. The molecule has 138 valence electrons. The second-order valence-electron chi connectivity index (χ2n) is 6.35. The minimum Gasteiger partial charge on any atom is -0.487 e. The van der Waals surface area contributed by atoms with Gasteiger partial charge in [0.1, 0.15) is 12.4 Å². The van der Waals surface area contributed by atoms with Gasteiger partial charge in [-0.1, -0.05) is 71.7 Å². The van der Waals surface area contributed by atoms with Crippen LogP contribution < -0.4 is 4.74 Å². The van der Waals surface area contributed by atoms with Gasteiger partial charge in [-0.15, -0.1) is 0 Å². The fourth-order valence-corrected chi connectivity index (χ4v) is 3.53. The van der Waals surface area contributed by atoms with Crippen molar-refractivity contribution in [2.24, 2.45) is 0 Å². The first kappa shape index (κ1) is 18.5. The van der Waals surface area contributed by atoms with Crippen LogP contribution in [0.25, 0.3) is 22.3 Å². The molecule has 4 rings (SSSR count). The van der Waals surface area contributed by atoms with Crippen molar-refractivity contribution in [1.29, 1.82) is 0 Å². The Bertz CT molecular complexity index is 1080. The molecule has 2 nitrogen and oxygen atoms in total. The quantitative estimate of drug-likeness (QED) is 0.347. The lowest BCUT2D eigenvalue weighted by Crippen LogP contribution is -1.97. The van der Waals surface area contributed by atoms with E-state index in [1.165, 1.54) is 0 Å². The van der Waals surface area contributed by atoms with Crippen LogP contribution in [0.4, 0.5) is 0 Å². The third kappa shape index (κ3) is 4.19. The Hall–Kier alpha value is -2.81. The van der Waals surface area contributed by atoms with E-state index in [2.05, 4.69) is 41.4 Å². The molecule has 4 aromatic rings. The Morgan fingerprint density at radius 2 is 1.57 bits per heavy atom. The second-order valence-corrected chi connectivity index (χ2v) is 7.19. The van der Waals surface area contributed by atoms with Crippen LogP contribution in [-0.2, 0) is 6.61 Å². The molecule has 0 amide bonds. The molecule has 0 aliphatic rings. The highest BCUT2D eigenvalue weighted by Gasteiger charge is 2.10. The number of ether oxygens (including phenoxy) is 1. The van der Waals surface area contributed by atoms with Gasteiger partial charge < -0.3 is 4.74 Å². The van der Waals surface area contributed by atoms with E-state index in [1.54, 1.807) is 24.4 Å². The standard InChI is InChI=1S/C24H17Cl2NO/c25-20-9-11-24(23(26)14-20)28-16-17-8-10-21(18-5-2-1-3-6-18)22(13-17)19-7-4-12-27-15-19/h1-15H,16H2. The van der Waals surface area contributed by atoms with Gasteiger partial charge in [0.25, 0.3) is 0 Å². The molecule has 0 radical (unpaired) electrons. The van der Waals surface area contributed by atoms with Crippen LogP contribution in [0.15, 0.2) is 91.3 Å². The largest absolute Gasteiger partial charge is 0.487 e. The molecule has 1 heterocycles. The van der Waals surface area contributed by atoms with Crippen LogP contribution in [0.1, 0.15) is 5.56 Å². The first-order valence-electron chi connectivity index (χ1n) is 8.87. The number of aromatic nitrogens is 1. The Kier molecular flexibility index (Phi) is 5.61. The van der Waals surface area contributed by atoms with Crippen LogP contribution in [0, 0.1) is 0 Å². The van der Waals surface area contributed by atoms with E-state index >= 15 is 0 Å². The number of nitrogens with zero attached hydrogens (tertiary/aromatic N) is 1. The highest BCUT2D eigenvalue weighted by Crippen LogP contribution is 2.33. The third-order valence-electron chi connectivity index (χ3n) is 4.43. The number of halogens is 2. The summed E-state index contributed by atoms with van der Waals surface area (Å²) in [6.45, 7) is 0.406. The summed E-state index contributed by atoms with van der Waals surface area (Å²) in [7, 11) is 0. The van der Waals surface area contributed by atoms with Crippen LogP contribution in [0.3, 0.4) is 0 Å². The Labute approximate surface area is 174 Å². The number of hydrogen-bond donors (Lipinski definition) is 0. The smallest absolute Gasteiger partial charge is 0.138 e. The van der Waals surface area contributed by atoms with Gasteiger partial charge in [0, 0.05) is 23.0 Å². The van der Waals surface area contributed by atoms with Gasteiger partial charge >= 0.3 is 0 Å². The van der Waals surface area contributed by atoms with Gasteiger partial charge in [-0.2, -0.15) is 0 Å². The number of rotatable bonds is 5. The van der Waals surface area contributed by atoms with E-state index in [-0.39, 0.29) is 0 Å². The van der Waals surface area contributed by atoms with Crippen LogP contribution in [0.2, 0.25) is 10.0 Å². The van der Waals surface area contributed by atoms with Crippen LogP contribution >= 0.6 is 23.2 Å². The second kappa shape index (κ2) is 8.47. The molecule has 0 atom stereocenters. The van der Waals surface area contributed by atoms with E-state index in [9.17, 15) is 0 Å². The molecule has 0 bridgehead atoms. The molecule has 0 aliphatic heterocycles. The minimum atomic E-state index is 0.406. The summed E-state index contributed by atoms with van der Waals surface area (Å²) in [4.78, 5) is 4.28. The van der Waals surface area contributed by atoms with Gasteiger partial charge in [-0.05, 0) is 52.6 Å². The first-order chi connectivity index (χ1) is 13.7. The zero-order valence-electron chi connectivity index (χ0n) is 15.0. The van der Waals surface area contributed by atoms with Crippen molar-refractivity contribution in [1.82, 2.24) is 4.98 Å². The van der Waals surface area contributed by atoms with E-state index < -0.39 is 0 Å². The highest BCUT2D eigenvalue weighted by molar-refractivity contribution is 6.35. The average Bonchev–Trinajstić information content (AvgIpc) is 2.74. The molecule has 4 heteroatoms. The lowest BCUT2D eigenvalue weighted by molar-refractivity contribution is 0.306. The Morgan fingerprint density at radius 3 is 2.32 bits per heavy atom. The van der Waals surface area contributed by atoms with E-state index in [0.29, 0.717) is 22.4 Å².